The van der Waals surface area contributed by atoms with E-state index in [1.807, 2.05) is 30.3 Å². The average molecular weight is 554 g/mol. The molecular weight excluding hydrogens is 527 g/mol. The third-order valence-electron chi connectivity index (χ3n) is 6.23. The van der Waals surface area contributed by atoms with Crippen LogP contribution in [-0.4, -0.2) is 63.8 Å². The number of aliphatic carboxylic acids is 1. The molecule has 0 saturated carbocycles. The minimum absolute atomic E-state index is 0.128. The molecule has 2 aromatic carbocycles. The maximum absolute atomic E-state index is 12.4. The van der Waals surface area contributed by atoms with Crippen molar-refractivity contribution in [3.63, 3.8) is 0 Å². The van der Waals surface area contributed by atoms with E-state index in [-0.39, 0.29) is 11.8 Å². The van der Waals surface area contributed by atoms with Crippen LogP contribution >= 0.6 is 35.0 Å². The summed E-state index contributed by atoms with van der Waals surface area (Å²) in [5.41, 5.74) is 1.71. The van der Waals surface area contributed by atoms with Crippen molar-refractivity contribution in [2.75, 3.05) is 42.6 Å². The van der Waals surface area contributed by atoms with Crippen LogP contribution in [0.4, 0.5) is 5.69 Å². The minimum atomic E-state index is -0.833. The summed E-state index contributed by atoms with van der Waals surface area (Å²) in [5, 5.41) is 10.0. The molecule has 1 N–H and O–H groups in total. The Morgan fingerprint density at radius 3 is 2.43 bits per heavy atom. The molecule has 1 amide bonds. The Labute approximate surface area is 221 Å². The fourth-order valence-electron chi connectivity index (χ4n) is 4.13. The topological polar surface area (TPSA) is 77.9 Å². The minimum Gasteiger partial charge on any atom is -0.481 e. The van der Waals surface area contributed by atoms with Crippen molar-refractivity contribution in [2.24, 2.45) is 5.92 Å². The molecule has 2 aliphatic rings. The molecule has 0 aromatic heterocycles. The van der Waals surface area contributed by atoms with Crippen molar-refractivity contribution in [1.82, 2.24) is 4.90 Å². The highest BCUT2D eigenvalue weighted by atomic mass is 35.5. The van der Waals surface area contributed by atoms with Gasteiger partial charge in [0.1, 0.15) is 0 Å². The zero-order valence-corrected chi connectivity index (χ0v) is 22.1. The Bertz CT molecular complexity index is 1160. The summed E-state index contributed by atoms with van der Waals surface area (Å²) in [6.45, 7) is 2.42. The Hall–Kier alpha value is -2.00. The zero-order chi connectivity index (χ0) is 24.9. The van der Waals surface area contributed by atoms with E-state index in [2.05, 4.69) is 11.0 Å². The van der Waals surface area contributed by atoms with E-state index in [4.69, 9.17) is 23.2 Å². The fourth-order valence-corrected chi connectivity index (χ4v) is 6.67. The predicted octanol–water partition coefficient (Wildman–Crippen LogP) is 5.05. The number of hydrogen-bond donors (Lipinski definition) is 1. The molecule has 0 bridgehead atoms. The molecule has 0 unspecified atom stereocenters. The molecule has 4 rings (SSSR count). The number of carbonyl (C=O) groups is 2. The van der Waals surface area contributed by atoms with Gasteiger partial charge in [-0.15, -0.1) is 0 Å². The van der Waals surface area contributed by atoms with Crippen molar-refractivity contribution in [3.8, 4) is 0 Å². The third-order valence-corrected chi connectivity index (χ3v) is 9.56. The quantitative estimate of drug-likeness (QED) is 0.505. The molecular formula is C25H26Cl2N2O4S2. The van der Waals surface area contributed by atoms with E-state index in [0.717, 1.165) is 15.5 Å². The molecule has 0 radical (unpaired) electrons. The number of amides is 1. The van der Waals surface area contributed by atoms with E-state index in [0.29, 0.717) is 66.1 Å². The Morgan fingerprint density at radius 1 is 1.03 bits per heavy atom. The van der Waals surface area contributed by atoms with Crippen LogP contribution < -0.4 is 4.90 Å². The van der Waals surface area contributed by atoms with Crippen molar-refractivity contribution in [1.29, 1.82) is 0 Å². The van der Waals surface area contributed by atoms with Crippen LogP contribution in [0.1, 0.15) is 18.4 Å². The van der Waals surface area contributed by atoms with Gasteiger partial charge in [0.05, 0.1) is 16.0 Å². The summed E-state index contributed by atoms with van der Waals surface area (Å²) >= 11 is 14.6. The lowest BCUT2D eigenvalue weighted by Crippen LogP contribution is -2.40. The van der Waals surface area contributed by atoms with Crippen molar-refractivity contribution in [3.05, 3.63) is 58.1 Å². The highest BCUT2D eigenvalue weighted by molar-refractivity contribution is 7.99. The number of carbonyl (C=O) groups excluding carboxylic acids is 1. The predicted molar refractivity (Wildman–Crippen MR) is 143 cm³/mol. The molecule has 0 atom stereocenters. The SMILES string of the molecule is O=C(O)C1CCN(c2cccc(Sc3ccc(/C=C/C(=O)N4CCS(=O)CC4)c(Cl)c3Cl)c2)CC1. The number of piperidine rings is 1. The number of anilines is 1. The summed E-state index contributed by atoms with van der Waals surface area (Å²) in [7, 11) is -0.833. The number of carboxylic acid groups (broad SMARTS) is 1. The molecule has 35 heavy (non-hydrogen) atoms. The van der Waals surface area contributed by atoms with Gasteiger partial charge >= 0.3 is 5.97 Å². The molecule has 0 spiro atoms. The van der Waals surface area contributed by atoms with E-state index < -0.39 is 16.8 Å². The first-order valence-electron chi connectivity index (χ1n) is 11.4. The van der Waals surface area contributed by atoms with Crippen molar-refractivity contribution >= 4 is 69.4 Å². The Morgan fingerprint density at radius 2 is 1.74 bits per heavy atom. The lowest BCUT2D eigenvalue weighted by Gasteiger charge is -2.32. The molecule has 2 heterocycles. The van der Waals surface area contributed by atoms with E-state index in [9.17, 15) is 18.9 Å². The van der Waals surface area contributed by atoms with Crippen LogP contribution in [0.3, 0.4) is 0 Å². The van der Waals surface area contributed by atoms with E-state index >= 15 is 0 Å². The number of rotatable bonds is 6. The lowest BCUT2D eigenvalue weighted by molar-refractivity contribution is -0.142. The Kier molecular flexibility index (Phi) is 8.81. The van der Waals surface area contributed by atoms with E-state index in [1.165, 1.54) is 17.8 Å². The smallest absolute Gasteiger partial charge is 0.306 e. The standard InChI is InChI=1S/C25H26Cl2N2O4S2/c26-23-17(5-7-22(30)29-12-14-35(33)15-13-29)4-6-21(24(23)27)34-20-3-1-2-19(16-20)28-10-8-18(9-11-28)25(31)32/h1-7,16,18H,8-15H2,(H,31,32)/b7-5+. The maximum Gasteiger partial charge on any atom is 0.306 e. The van der Waals surface area contributed by atoms with Crippen molar-refractivity contribution in [2.45, 2.75) is 22.6 Å². The van der Waals surface area contributed by atoms with Crippen LogP contribution in [-0.2, 0) is 20.4 Å². The summed E-state index contributed by atoms with van der Waals surface area (Å²) in [4.78, 5) is 29.3. The van der Waals surface area contributed by atoms with Crippen LogP contribution in [0, 0.1) is 5.92 Å². The van der Waals surface area contributed by atoms with Gasteiger partial charge in [-0.3, -0.25) is 13.8 Å². The first kappa shape index (κ1) is 26.1. The molecule has 2 saturated heterocycles. The molecule has 6 nitrogen and oxygen atoms in total. The number of carboxylic acids is 1. The Balaban J connectivity index is 1.42. The van der Waals surface area contributed by atoms with Gasteiger partial charge in [0.25, 0.3) is 0 Å². The van der Waals surface area contributed by atoms with Gasteiger partial charge in [-0.05, 0) is 48.7 Å². The summed E-state index contributed by atoms with van der Waals surface area (Å²) in [6, 6.07) is 11.8. The monoisotopic (exact) mass is 552 g/mol. The highest BCUT2D eigenvalue weighted by Gasteiger charge is 2.24. The summed E-state index contributed by atoms with van der Waals surface area (Å²) in [6.07, 6.45) is 4.43. The number of nitrogens with zero attached hydrogens (tertiary/aromatic N) is 2. The van der Waals surface area contributed by atoms with Gasteiger partial charge in [0, 0.05) is 70.0 Å². The average Bonchev–Trinajstić information content (AvgIpc) is 2.87. The molecule has 2 aliphatic heterocycles. The molecule has 2 aromatic rings. The molecule has 10 heteroatoms. The highest BCUT2D eigenvalue weighted by Crippen LogP contribution is 2.40. The van der Waals surface area contributed by atoms with Crippen LogP contribution in [0.15, 0.2) is 52.3 Å². The van der Waals surface area contributed by atoms with Gasteiger partial charge in [-0.2, -0.15) is 0 Å². The van der Waals surface area contributed by atoms with Crippen LogP contribution in [0.5, 0.6) is 0 Å². The number of hydrogen-bond acceptors (Lipinski definition) is 5. The lowest BCUT2D eigenvalue weighted by atomic mass is 9.97. The van der Waals surface area contributed by atoms with Crippen LogP contribution in [0.2, 0.25) is 10.0 Å². The maximum atomic E-state index is 12.4. The number of halogens is 2. The molecule has 0 aliphatic carbocycles. The second kappa shape index (κ2) is 11.8. The van der Waals surface area contributed by atoms with Crippen LogP contribution in [0.25, 0.3) is 6.08 Å². The largest absolute Gasteiger partial charge is 0.481 e. The van der Waals surface area contributed by atoms with Gasteiger partial charge in [0.2, 0.25) is 5.91 Å². The number of benzene rings is 2. The van der Waals surface area contributed by atoms with Gasteiger partial charge in [-0.25, -0.2) is 0 Å². The fraction of sp³-hybridized carbons (Fsp3) is 0.360. The summed E-state index contributed by atoms with van der Waals surface area (Å²) in [5.74, 6) is -0.0818. The van der Waals surface area contributed by atoms with Crippen molar-refractivity contribution < 1.29 is 18.9 Å². The van der Waals surface area contributed by atoms with Gasteiger partial charge in [-0.1, -0.05) is 47.1 Å². The first-order chi connectivity index (χ1) is 16.8. The van der Waals surface area contributed by atoms with Gasteiger partial charge < -0.3 is 14.9 Å². The first-order valence-corrected chi connectivity index (χ1v) is 14.4. The normalized spacial score (nSPS) is 17.8. The van der Waals surface area contributed by atoms with E-state index in [1.54, 1.807) is 11.0 Å². The summed E-state index contributed by atoms with van der Waals surface area (Å²) < 4.78 is 11.5. The van der Waals surface area contributed by atoms with Gasteiger partial charge in [0.15, 0.2) is 0 Å². The zero-order valence-electron chi connectivity index (χ0n) is 19.0. The second-order valence-electron chi connectivity index (χ2n) is 8.49. The molecule has 2 fully saturated rings. The third kappa shape index (κ3) is 6.61. The second-order valence-corrected chi connectivity index (χ2v) is 12.1. The molecule has 186 valence electrons.